The first kappa shape index (κ1) is 14.2. The highest BCUT2D eigenvalue weighted by Gasteiger charge is 2.17. The number of nitrogens with two attached hydrogens (primary N) is 1. The van der Waals surface area contributed by atoms with E-state index in [1.807, 2.05) is 0 Å². The van der Waals surface area contributed by atoms with Crippen LogP contribution in [0, 0.1) is 0 Å². The molecule has 2 heteroatoms. The third-order valence-electron chi connectivity index (χ3n) is 3.07. The molecule has 0 saturated heterocycles. The molecule has 0 heterocycles. The molecule has 96 valence electrons. The fourth-order valence-corrected chi connectivity index (χ4v) is 2.04. The molecule has 3 N–H and O–H groups in total. The van der Waals surface area contributed by atoms with E-state index in [4.69, 9.17) is 5.73 Å². The molecule has 0 aliphatic rings. The second-order valence-electron chi connectivity index (χ2n) is 5.77. The molecule has 1 aromatic rings. The second-order valence-corrected chi connectivity index (χ2v) is 5.77. The summed E-state index contributed by atoms with van der Waals surface area (Å²) in [5, 5.41) is 3.53. The smallest absolute Gasteiger partial charge is 0.0210 e. The van der Waals surface area contributed by atoms with E-state index in [1.165, 1.54) is 11.1 Å². The number of benzene rings is 1. The van der Waals surface area contributed by atoms with Gasteiger partial charge in [0.15, 0.2) is 0 Å². The molecule has 0 radical (unpaired) electrons. The van der Waals surface area contributed by atoms with E-state index in [1.54, 1.807) is 0 Å². The summed E-state index contributed by atoms with van der Waals surface area (Å²) in [6.45, 7) is 10.6. The monoisotopic (exact) mass is 234 g/mol. The van der Waals surface area contributed by atoms with Crippen molar-refractivity contribution in [3.8, 4) is 0 Å². The van der Waals surface area contributed by atoms with Crippen LogP contribution in [-0.2, 0) is 12.0 Å². The van der Waals surface area contributed by atoms with E-state index in [0.717, 1.165) is 19.5 Å². The number of hydrogen-bond acceptors (Lipinski definition) is 2. The zero-order valence-corrected chi connectivity index (χ0v) is 11.6. The van der Waals surface area contributed by atoms with Crippen LogP contribution in [0.25, 0.3) is 0 Å². The molecule has 2 nitrogen and oxygen atoms in total. The normalized spacial score (nSPS) is 13.7. The maximum absolute atomic E-state index is 5.56. The summed E-state index contributed by atoms with van der Waals surface area (Å²) < 4.78 is 0. The van der Waals surface area contributed by atoms with Gasteiger partial charge in [0.1, 0.15) is 0 Å². The van der Waals surface area contributed by atoms with Crippen molar-refractivity contribution in [2.45, 2.75) is 52.1 Å². The van der Waals surface area contributed by atoms with E-state index in [-0.39, 0.29) is 5.41 Å². The molecule has 0 amide bonds. The predicted molar refractivity (Wildman–Crippen MR) is 75.1 cm³/mol. The van der Waals surface area contributed by atoms with E-state index >= 15 is 0 Å². The first-order valence-corrected chi connectivity index (χ1v) is 6.47. The lowest BCUT2D eigenvalue weighted by atomic mass is 9.84. The average molecular weight is 234 g/mol. The molecule has 17 heavy (non-hydrogen) atoms. The van der Waals surface area contributed by atoms with Crippen LogP contribution in [0.1, 0.15) is 45.2 Å². The second kappa shape index (κ2) is 6.18. The number of nitrogens with one attached hydrogen (secondary N) is 1. The Morgan fingerprint density at radius 3 is 2.47 bits per heavy atom. The van der Waals surface area contributed by atoms with Crippen LogP contribution in [0.3, 0.4) is 0 Å². The Kier molecular flexibility index (Phi) is 5.16. The van der Waals surface area contributed by atoms with Crippen molar-refractivity contribution in [3.05, 3.63) is 35.4 Å². The Morgan fingerprint density at radius 1 is 1.24 bits per heavy atom. The Bertz CT molecular complexity index is 339. The molecule has 0 spiro atoms. The molecule has 0 aliphatic carbocycles. The fraction of sp³-hybridized carbons (Fsp3) is 0.600. The van der Waals surface area contributed by atoms with Crippen molar-refractivity contribution in [2.75, 3.05) is 6.54 Å². The Hall–Kier alpha value is -0.860. The summed E-state index contributed by atoms with van der Waals surface area (Å²) in [5.41, 5.74) is 8.58. The topological polar surface area (TPSA) is 38.0 Å². The summed E-state index contributed by atoms with van der Waals surface area (Å²) in [7, 11) is 0. The van der Waals surface area contributed by atoms with Crippen LogP contribution in [-0.4, -0.2) is 12.6 Å². The molecule has 0 bridgehead atoms. The lowest BCUT2D eigenvalue weighted by Crippen LogP contribution is -2.29. The van der Waals surface area contributed by atoms with Crippen LogP contribution in [0.2, 0.25) is 0 Å². The van der Waals surface area contributed by atoms with Gasteiger partial charge in [-0.2, -0.15) is 0 Å². The maximum Gasteiger partial charge on any atom is 0.0210 e. The Balaban J connectivity index is 2.71. The van der Waals surface area contributed by atoms with Gasteiger partial charge in [0, 0.05) is 12.6 Å². The summed E-state index contributed by atoms with van der Waals surface area (Å²) in [4.78, 5) is 0. The van der Waals surface area contributed by atoms with Crippen LogP contribution in [0.5, 0.6) is 0 Å². The van der Waals surface area contributed by atoms with Gasteiger partial charge in [0.2, 0.25) is 0 Å². The predicted octanol–water partition coefficient (Wildman–Crippen LogP) is 2.81. The van der Waals surface area contributed by atoms with Crippen molar-refractivity contribution in [2.24, 2.45) is 5.73 Å². The third kappa shape index (κ3) is 4.49. The standard InChI is InChI=1S/C15H26N2/c1-12(9-10-16)17-11-13-7-5-6-8-14(13)15(2,3)4/h5-8,12,17H,9-11,16H2,1-4H3. The molecule has 0 fully saturated rings. The van der Waals surface area contributed by atoms with Gasteiger partial charge >= 0.3 is 0 Å². The highest BCUT2D eigenvalue weighted by Crippen LogP contribution is 2.25. The minimum atomic E-state index is 0.204. The lowest BCUT2D eigenvalue weighted by Gasteiger charge is -2.24. The Labute approximate surface area is 106 Å². The van der Waals surface area contributed by atoms with E-state index in [2.05, 4.69) is 57.3 Å². The van der Waals surface area contributed by atoms with Crippen molar-refractivity contribution in [3.63, 3.8) is 0 Å². The van der Waals surface area contributed by atoms with Gasteiger partial charge in [-0.3, -0.25) is 0 Å². The summed E-state index contributed by atoms with van der Waals surface area (Å²) in [6, 6.07) is 9.15. The zero-order chi connectivity index (χ0) is 12.9. The lowest BCUT2D eigenvalue weighted by molar-refractivity contribution is 0.509. The minimum Gasteiger partial charge on any atom is -0.330 e. The molecule has 1 aromatic carbocycles. The molecule has 0 saturated carbocycles. The quantitative estimate of drug-likeness (QED) is 0.822. The van der Waals surface area contributed by atoms with Gasteiger partial charge in [0.05, 0.1) is 0 Å². The molecule has 1 atom stereocenters. The van der Waals surface area contributed by atoms with Gasteiger partial charge in [0.25, 0.3) is 0 Å². The van der Waals surface area contributed by atoms with E-state index in [0.29, 0.717) is 6.04 Å². The molecular weight excluding hydrogens is 208 g/mol. The highest BCUT2D eigenvalue weighted by atomic mass is 14.9. The van der Waals surface area contributed by atoms with Crippen molar-refractivity contribution >= 4 is 0 Å². The highest BCUT2D eigenvalue weighted by molar-refractivity contribution is 5.32. The van der Waals surface area contributed by atoms with Crippen LogP contribution < -0.4 is 11.1 Å². The van der Waals surface area contributed by atoms with Gasteiger partial charge in [-0.1, -0.05) is 45.0 Å². The Morgan fingerprint density at radius 2 is 1.88 bits per heavy atom. The fourth-order valence-electron chi connectivity index (χ4n) is 2.04. The summed E-state index contributed by atoms with van der Waals surface area (Å²) in [6.07, 6.45) is 1.03. The molecule has 1 rings (SSSR count). The zero-order valence-electron chi connectivity index (χ0n) is 11.6. The van der Waals surface area contributed by atoms with Gasteiger partial charge in [-0.25, -0.2) is 0 Å². The van der Waals surface area contributed by atoms with Gasteiger partial charge < -0.3 is 11.1 Å². The molecular formula is C15H26N2. The van der Waals surface area contributed by atoms with Crippen molar-refractivity contribution < 1.29 is 0 Å². The first-order chi connectivity index (χ1) is 7.95. The first-order valence-electron chi connectivity index (χ1n) is 6.47. The molecule has 0 aliphatic heterocycles. The molecule has 1 unspecified atom stereocenters. The van der Waals surface area contributed by atoms with Crippen LogP contribution in [0.4, 0.5) is 0 Å². The maximum atomic E-state index is 5.56. The third-order valence-corrected chi connectivity index (χ3v) is 3.07. The van der Waals surface area contributed by atoms with Crippen LogP contribution in [0.15, 0.2) is 24.3 Å². The van der Waals surface area contributed by atoms with Crippen LogP contribution >= 0.6 is 0 Å². The molecule has 0 aromatic heterocycles. The summed E-state index contributed by atoms with van der Waals surface area (Å²) >= 11 is 0. The van der Waals surface area contributed by atoms with Gasteiger partial charge in [-0.05, 0) is 36.4 Å². The largest absolute Gasteiger partial charge is 0.330 e. The van der Waals surface area contributed by atoms with E-state index < -0.39 is 0 Å². The van der Waals surface area contributed by atoms with Gasteiger partial charge in [-0.15, -0.1) is 0 Å². The van der Waals surface area contributed by atoms with Crippen molar-refractivity contribution in [1.82, 2.24) is 5.32 Å². The SMILES string of the molecule is CC(CCN)NCc1ccccc1C(C)(C)C. The number of rotatable bonds is 5. The summed E-state index contributed by atoms with van der Waals surface area (Å²) in [5.74, 6) is 0. The minimum absolute atomic E-state index is 0.204. The number of hydrogen-bond donors (Lipinski definition) is 2. The van der Waals surface area contributed by atoms with E-state index in [9.17, 15) is 0 Å². The van der Waals surface area contributed by atoms with Crippen molar-refractivity contribution in [1.29, 1.82) is 0 Å². The average Bonchev–Trinajstić information content (AvgIpc) is 2.26.